The number of hydrogen-bond acceptors (Lipinski definition) is 4. The smallest absolute Gasteiger partial charge is 0.240 e. The van der Waals surface area contributed by atoms with Crippen molar-refractivity contribution in [2.75, 3.05) is 13.7 Å². The van der Waals surface area contributed by atoms with Gasteiger partial charge in [-0.15, -0.1) is 0 Å². The highest BCUT2D eigenvalue weighted by Crippen LogP contribution is 2.17. The van der Waals surface area contributed by atoms with Crippen molar-refractivity contribution in [3.63, 3.8) is 0 Å². The summed E-state index contributed by atoms with van der Waals surface area (Å²) in [4.78, 5) is 12.5. The first kappa shape index (κ1) is 21.9. The number of methoxy groups -OCH3 is 1. The molecule has 0 radical (unpaired) electrons. The molecule has 0 aliphatic carbocycles. The van der Waals surface area contributed by atoms with Crippen molar-refractivity contribution >= 4 is 15.9 Å². The number of carbonyl (C=O) groups excluding carboxylic acids is 1. The molecule has 0 aliphatic heterocycles. The second-order valence-corrected chi connectivity index (χ2v) is 8.37. The lowest BCUT2D eigenvalue weighted by atomic mass is 10.1. The quantitative estimate of drug-likeness (QED) is 0.637. The third kappa shape index (κ3) is 6.35. The molecule has 0 aromatic heterocycles. The van der Waals surface area contributed by atoms with Gasteiger partial charge in [0.2, 0.25) is 15.9 Å². The molecule has 0 fully saturated rings. The molecule has 6 nitrogen and oxygen atoms in total. The molecule has 152 valence electrons. The first-order chi connectivity index (χ1) is 13.4. The molecule has 1 atom stereocenters. The van der Waals surface area contributed by atoms with Gasteiger partial charge in [-0.3, -0.25) is 4.79 Å². The van der Waals surface area contributed by atoms with Gasteiger partial charge in [-0.1, -0.05) is 31.2 Å². The zero-order chi connectivity index (χ0) is 20.6. The van der Waals surface area contributed by atoms with Crippen LogP contribution in [0.3, 0.4) is 0 Å². The molecule has 2 N–H and O–H groups in total. The molecule has 28 heavy (non-hydrogen) atoms. The third-order valence-corrected chi connectivity index (χ3v) is 5.89. The van der Waals surface area contributed by atoms with Gasteiger partial charge in [-0.25, -0.2) is 13.1 Å². The summed E-state index contributed by atoms with van der Waals surface area (Å²) in [6.45, 7) is 4.26. The summed E-state index contributed by atoms with van der Waals surface area (Å²) in [6, 6.07) is 14.1. The van der Waals surface area contributed by atoms with Crippen LogP contribution in [-0.4, -0.2) is 28.0 Å². The van der Waals surface area contributed by atoms with Gasteiger partial charge in [0.05, 0.1) is 18.0 Å². The number of sulfonamides is 1. The second-order valence-electron chi connectivity index (χ2n) is 6.60. The number of hydrogen-bond donors (Lipinski definition) is 2. The Hall–Kier alpha value is -2.38. The van der Waals surface area contributed by atoms with Crippen molar-refractivity contribution in [3.8, 4) is 5.75 Å². The Balaban J connectivity index is 1.86. The molecule has 0 saturated carbocycles. The molecule has 0 heterocycles. The summed E-state index contributed by atoms with van der Waals surface area (Å²) in [5.74, 6) is 0.724. The zero-order valence-electron chi connectivity index (χ0n) is 16.6. The molecule has 0 spiro atoms. The lowest BCUT2D eigenvalue weighted by Crippen LogP contribution is -2.26. The number of carbonyl (C=O) groups is 1. The number of nitrogens with one attached hydrogen (secondary N) is 2. The SMILES string of the molecule is CCCNS(=O)(=O)c1ccc(CCC(=O)N[C@@H](C)c2ccc(OC)cc2)cc1. The summed E-state index contributed by atoms with van der Waals surface area (Å²) in [5.41, 5.74) is 1.92. The Kier molecular flexibility index (Phi) is 8.02. The lowest BCUT2D eigenvalue weighted by Gasteiger charge is -2.15. The average Bonchev–Trinajstić information content (AvgIpc) is 2.71. The topological polar surface area (TPSA) is 84.5 Å². The molecular weight excluding hydrogens is 376 g/mol. The van der Waals surface area contributed by atoms with E-state index in [0.717, 1.165) is 23.3 Å². The van der Waals surface area contributed by atoms with Crippen molar-refractivity contribution in [2.24, 2.45) is 0 Å². The minimum atomic E-state index is -3.46. The van der Waals surface area contributed by atoms with Gasteiger partial charge in [0.25, 0.3) is 0 Å². The molecule has 2 rings (SSSR count). The molecule has 1 amide bonds. The molecule has 0 bridgehead atoms. The monoisotopic (exact) mass is 404 g/mol. The highest BCUT2D eigenvalue weighted by molar-refractivity contribution is 7.89. The molecule has 7 heteroatoms. The van der Waals surface area contributed by atoms with Crippen LogP contribution in [0.1, 0.15) is 43.9 Å². The Bertz CT molecular complexity index is 862. The normalized spacial score (nSPS) is 12.4. The summed E-state index contributed by atoms with van der Waals surface area (Å²) >= 11 is 0. The molecule has 2 aromatic rings. The second kappa shape index (κ2) is 10.2. The molecule has 0 aliphatic rings. The minimum absolute atomic E-state index is 0.0513. The van der Waals surface area contributed by atoms with Gasteiger partial charge in [0, 0.05) is 13.0 Å². The standard InChI is InChI=1S/C21H28N2O4S/c1-4-15-22-28(25,26)20-12-5-17(6-13-20)7-14-21(24)23-16(2)18-8-10-19(27-3)11-9-18/h5-6,8-13,16,22H,4,7,14-15H2,1-3H3,(H,23,24)/t16-/m0/s1. The molecule has 2 aromatic carbocycles. The lowest BCUT2D eigenvalue weighted by molar-refractivity contribution is -0.121. The van der Waals surface area contributed by atoms with Gasteiger partial charge in [-0.2, -0.15) is 0 Å². The van der Waals surface area contributed by atoms with Gasteiger partial charge >= 0.3 is 0 Å². The van der Waals surface area contributed by atoms with Crippen LogP contribution in [0.5, 0.6) is 5.75 Å². The zero-order valence-corrected chi connectivity index (χ0v) is 17.4. The van der Waals surface area contributed by atoms with E-state index in [1.165, 1.54) is 0 Å². The van der Waals surface area contributed by atoms with Gasteiger partial charge in [-0.05, 0) is 55.2 Å². The predicted molar refractivity (Wildman–Crippen MR) is 110 cm³/mol. The Labute approximate surface area is 167 Å². The number of aryl methyl sites for hydroxylation is 1. The maximum Gasteiger partial charge on any atom is 0.240 e. The van der Waals surface area contributed by atoms with Crippen LogP contribution < -0.4 is 14.8 Å². The van der Waals surface area contributed by atoms with Crippen LogP contribution in [0.25, 0.3) is 0 Å². The van der Waals surface area contributed by atoms with Crippen LogP contribution in [0.2, 0.25) is 0 Å². The van der Waals surface area contributed by atoms with E-state index in [1.54, 1.807) is 31.4 Å². The summed E-state index contributed by atoms with van der Waals surface area (Å²) < 4.78 is 31.8. The average molecular weight is 405 g/mol. The maximum atomic E-state index is 12.2. The van der Waals surface area contributed by atoms with Crippen LogP contribution >= 0.6 is 0 Å². The molecule has 0 saturated heterocycles. The number of amides is 1. The minimum Gasteiger partial charge on any atom is -0.497 e. The van der Waals surface area contributed by atoms with Crippen molar-refractivity contribution in [1.82, 2.24) is 10.0 Å². The van der Waals surface area contributed by atoms with Crippen molar-refractivity contribution in [2.45, 2.75) is 44.0 Å². The van der Waals surface area contributed by atoms with Crippen LogP contribution in [0.4, 0.5) is 0 Å². The summed E-state index contributed by atoms with van der Waals surface area (Å²) in [7, 11) is -1.85. The van der Waals surface area contributed by atoms with Crippen LogP contribution in [-0.2, 0) is 21.2 Å². The molecular formula is C21H28N2O4S. The summed E-state index contributed by atoms with van der Waals surface area (Å²) in [6.07, 6.45) is 1.62. The largest absolute Gasteiger partial charge is 0.497 e. The van der Waals surface area contributed by atoms with E-state index in [-0.39, 0.29) is 16.8 Å². The first-order valence-electron chi connectivity index (χ1n) is 9.37. The van der Waals surface area contributed by atoms with E-state index in [4.69, 9.17) is 4.74 Å². The highest BCUT2D eigenvalue weighted by atomic mass is 32.2. The Morgan fingerprint density at radius 3 is 2.29 bits per heavy atom. The van der Waals surface area contributed by atoms with Crippen molar-refractivity contribution < 1.29 is 17.9 Å². The van der Waals surface area contributed by atoms with Crippen LogP contribution in [0.15, 0.2) is 53.4 Å². The van der Waals surface area contributed by atoms with E-state index in [1.807, 2.05) is 38.1 Å². The number of rotatable bonds is 10. The predicted octanol–water partition coefficient (Wildman–Crippen LogP) is 3.19. The van der Waals surface area contributed by atoms with Gasteiger partial charge in [0.1, 0.15) is 5.75 Å². The fourth-order valence-electron chi connectivity index (χ4n) is 2.70. The summed E-state index contributed by atoms with van der Waals surface area (Å²) in [5, 5.41) is 2.98. The van der Waals surface area contributed by atoms with Crippen molar-refractivity contribution in [1.29, 1.82) is 0 Å². The maximum absolute atomic E-state index is 12.2. The Morgan fingerprint density at radius 2 is 1.71 bits per heavy atom. The van der Waals surface area contributed by atoms with E-state index < -0.39 is 10.0 Å². The highest BCUT2D eigenvalue weighted by Gasteiger charge is 2.13. The number of ether oxygens (including phenoxy) is 1. The van der Waals surface area contributed by atoms with E-state index in [0.29, 0.717) is 19.4 Å². The van der Waals surface area contributed by atoms with E-state index >= 15 is 0 Å². The van der Waals surface area contributed by atoms with Crippen LogP contribution in [0, 0.1) is 0 Å². The van der Waals surface area contributed by atoms with Crippen molar-refractivity contribution in [3.05, 3.63) is 59.7 Å². The number of benzene rings is 2. The van der Waals surface area contributed by atoms with E-state index in [2.05, 4.69) is 10.0 Å². The fraction of sp³-hybridized carbons (Fsp3) is 0.381. The first-order valence-corrected chi connectivity index (χ1v) is 10.9. The van der Waals surface area contributed by atoms with Gasteiger partial charge in [0.15, 0.2) is 0 Å². The molecule has 0 unspecified atom stereocenters. The third-order valence-electron chi connectivity index (χ3n) is 4.41. The van der Waals surface area contributed by atoms with Gasteiger partial charge < -0.3 is 10.1 Å². The fourth-order valence-corrected chi connectivity index (χ4v) is 3.84. The Morgan fingerprint density at radius 1 is 1.07 bits per heavy atom. The van der Waals surface area contributed by atoms with E-state index in [9.17, 15) is 13.2 Å².